The van der Waals surface area contributed by atoms with E-state index in [4.69, 9.17) is 4.74 Å². The van der Waals surface area contributed by atoms with Gasteiger partial charge in [-0.25, -0.2) is 4.98 Å². The Bertz CT molecular complexity index is 1070. The number of carbonyl (C=O) groups is 1. The van der Waals surface area contributed by atoms with E-state index in [1.165, 1.54) is 28.6 Å². The minimum absolute atomic E-state index is 0.0938. The standard InChI is InChI=1S/C20H21N3O3S2/c1-26-13-6-4-5-12(9-13)10-21-16(24)11-27-20-22-18(25)17-14-7-2-3-8-15(14)28-19(17)23-20/h4-6,9H,2-3,7-8,10-11H2,1H3,(H,21,24)(H,22,23,25). The molecule has 2 heterocycles. The number of methoxy groups -OCH3 is 1. The molecule has 2 aromatic heterocycles. The number of hydrogen-bond acceptors (Lipinski definition) is 6. The maximum atomic E-state index is 12.5. The number of nitrogens with zero attached hydrogens (tertiary/aromatic N) is 1. The minimum Gasteiger partial charge on any atom is -0.497 e. The molecule has 28 heavy (non-hydrogen) atoms. The second-order valence-corrected chi connectivity index (χ2v) is 8.73. The summed E-state index contributed by atoms with van der Waals surface area (Å²) in [6.45, 7) is 0.428. The SMILES string of the molecule is COc1cccc(CNC(=O)CSc2nc3sc4c(c3c(=O)[nH]2)CCCC4)c1. The van der Waals surface area contributed by atoms with Crippen molar-refractivity contribution in [2.24, 2.45) is 0 Å². The number of hydrogen-bond donors (Lipinski definition) is 2. The van der Waals surface area contributed by atoms with Crippen LogP contribution in [0.3, 0.4) is 0 Å². The lowest BCUT2D eigenvalue weighted by Gasteiger charge is -2.09. The van der Waals surface area contributed by atoms with Gasteiger partial charge in [0.25, 0.3) is 5.56 Å². The molecule has 0 aliphatic heterocycles. The largest absolute Gasteiger partial charge is 0.497 e. The molecule has 146 valence electrons. The monoisotopic (exact) mass is 415 g/mol. The zero-order valence-electron chi connectivity index (χ0n) is 15.5. The van der Waals surface area contributed by atoms with E-state index in [0.717, 1.165) is 40.8 Å². The van der Waals surface area contributed by atoms with Crippen LogP contribution in [0.15, 0.2) is 34.2 Å². The lowest BCUT2D eigenvalue weighted by atomic mass is 9.97. The lowest BCUT2D eigenvalue weighted by molar-refractivity contribution is -0.118. The predicted octanol–water partition coefficient (Wildman–Crippen LogP) is 3.28. The van der Waals surface area contributed by atoms with Gasteiger partial charge in [-0.1, -0.05) is 23.9 Å². The molecule has 0 bridgehead atoms. The number of aryl methyl sites for hydroxylation is 2. The van der Waals surface area contributed by atoms with Gasteiger partial charge in [0.1, 0.15) is 10.6 Å². The van der Waals surface area contributed by atoms with Gasteiger partial charge in [-0.15, -0.1) is 11.3 Å². The van der Waals surface area contributed by atoms with Crippen LogP contribution >= 0.6 is 23.1 Å². The lowest BCUT2D eigenvalue weighted by Crippen LogP contribution is -2.24. The summed E-state index contributed by atoms with van der Waals surface area (Å²) in [6, 6.07) is 7.57. The highest BCUT2D eigenvalue weighted by atomic mass is 32.2. The highest BCUT2D eigenvalue weighted by Crippen LogP contribution is 2.34. The van der Waals surface area contributed by atoms with Gasteiger partial charge in [-0.3, -0.25) is 9.59 Å². The fourth-order valence-corrected chi connectivity index (χ4v) is 5.39. The van der Waals surface area contributed by atoms with E-state index in [1.54, 1.807) is 18.4 Å². The number of amides is 1. The van der Waals surface area contributed by atoms with Gasteiger partial charge in [0.15, 0.2) is 5.16 Å². The molecular formula is C20H21N3O3S2. The number of fused-ring (bicyclic) bond motifs is 3. The van der Waals surface area contributed by atoms with Crippen LogP contribution in [0, 0.1) is 0 Å². The molecule has 4 rings (SSSR count). The molecule has 6 nitrogen and oxygen atoms in total. The number of H-pyrrole nitrogens is 1. The second kappa shape index (κ2) is 8.36. The maximum Gasteiger partial charge on any atom is 0.260 e. The van der Waals surface area contributed by atoms with Crippen molar-refractivity contribution in [1.82, 2.24) is 15.3 Å². The molecule has 2 N–H and O–H groups in total. The first-order valence-electron chi connectivity index (χ1n) is 9.21. The van der Waals surface area contributed by atoms with Gasteiger partial charge in [-0.2, -0.15) is 0 Å². The number of thioether (sulfide) groups is 1. The van der Waals surface area contributed by atoms with Crippen molar-refractivity contribution >= 4 is 39.2 Å². The molecule has 0 radical (unpaired) electrons. The topological polar surface area (TPSA) is 84.1 Å². The Morgan fingerprint density at radius 1 is 1.36 bits per heavy atom. The minimum atomic E-state index is -0.110. The van der Waals surface area contributed by atoms with Crippen LogP contribution in [0.5, 0.6) is 5.75 Å². The quantitative estimate of drug-likeness (QED) is 0.477. The molecular weight excluding hydrogens is 394 g/mol. The van der Waals surface area contributed by atoms with E-state index in [9.17, 15) is 9.59 Å². The van der Waals surface area contributed by atoms with Crippen molar-refractivity contribution in [3.8, 4) is 5.75 Å². The first-order chi connectivity index (χ1) is 13.6. The van der Waals surface area contributed by atoms with Crippen molar-refractivity contribution in [3.05, 3.63) is 50.6 Å². The van der Waals surface area contributed by atoms with Crippen LogP contribution in [0.2, 0.25) is 0 Å². The summed E-state index contributed by atoms with van der Waals surface area (Å²) in [5, 5.41) is 4.11. The summed E-state index contributed by atoms with van der Waals surface area (Å²) in [4.78, 5) is 34.2. The summed E-state index contributed by atoms with van der Waals surface area (Å²) in [5.74, 6) is 0.847. The zero-order valence-corrected chi connectivity index (χ0v) is 17.2. The number of aromatic nitrogens is 2. The molecule has 0 saturated heterocycles. The first-order valence-corrected chi connectivity index (χ1v) is 11.0. The molecule has 0 saturated carbocycles. The third-order valence-electron chi connectivity index (χ3n) is 4.77. The summed E-state index contributed by atoms with van der Waals surface area (Å²) in [6.07, 6.45) is 4.29. The third kappa shape index (κ3) is 4.07. The fraction of sp³-hybridized carbons (Fsp3) is 0.350. The maximum absolute atomic E-state index is 12.5. The highest BCUT2D eigenvalue weighted by molar-refractivity contribution is 7.99. The predicted molar refractivity (Wildman–Crippen MR) is 112 cm³/mol. The average Bonchev–Trinajstić information content (AvgIpc) is 3.09. The molecule has 3 aromatic rings. The normalized spacial score (nSPS) is 13.3. The van der Waals surface area contributed by atoms with E-state index in [0.29, 0.717) is 11.7 Å². The number of carbonyl (C=O) groups excluding carboxylic acids is 1. The highest BCUT2D eigenvalue weighted by Gasteiger charge is 2.20. The second-order valence-electron chi connectivity index (χ2n) is 6.68. The van der Waals surface area contributed by atoms with E-state index in [2.05, 4.69) is 15.3 Å². The van der Waals surface area contributed by atoms with E-state index >= 15 is 0 Å². The Hall–Kier alpha value is -2.32. The Balaban J connectivity index is 1.39. The molecule has 0 atom stereocenters. The number of nitrogens with one attached hydrogen (secondary N) is 2. The Labute approximate surface area is 170 Å². The molecule has 1 aromatic carbocycles. The van der Waals surface area contributed by atoms with Crippen LogP contribution in [0.1, 0.15) is 28.8 Å². The van der Waals surface area contributed by atoms with Crippen molar-refractivity contribution in [1.29, 1.82) is 0 Å². The van der Waals surface area contributed by atoms with Crippen LogP contribution in [-0.2, 0) is 24.2 Å². The van der Waals surface area contributed by atoms with E-state index in [1.807, 2.05) is 24.3 Å². The number of ether oxygens (including phenoxy) is 1. The van der Waals surface area contributed by atoms with Crippen LogP contribution in [-0.4, -0.2) is 28.7 Å². The van der Waals surface area contributed by atoms with Gasteiger partial charge in [0, 0.05) is 11.4 Å². The van der Waals surface area contributed by atoms with Crippen molar-refractivity contribution < 1.29 is 9.53 Å². The van der Waals surface area contributed by atoms with Crippen LogP contribution in [0.4, 0.5) is 0 Å². The van der Waals surface area contributed by atoms with Crippen molar-refractivity contribution in [3.63, 3.8) is 0 Å². The molecule has 0 fully saturated rings. The molecule has 1 aliphatic rings. The number of benzene rings is 1. The first kappa shape index (κ1) is 19.0. The molecule has 0 unspecified atom stereocenters. The number of aromatic amines is 1. The summed E-state index contributed by atoms with van der Waals surface area (Å²) in [7, 11) is 1.61. The summed E-state index contributed by atoms with van der Waals surface area (Å²) in [5.41, 5.74) is 2.05. The summed E-state index contributed by atoms with van der Waals surface area (Å²) >= 11 is 2.87. The number of rotatable bonds is 6. The smallest absolute Gasteiger partial charge is 0.260 e. The van der Waals surface area contributed by atoms with Crippen LogP contribution < -0.4 is 15.6 Å². The Kier molecular flexibility index (Phi) is 5.68. The molecule has 0 spiro atoms. The molecule has 1 aliphatic carbocycles. The fourth-order valence-electron chi connectivity index (χ4n) is 3.38. The Morgan fingerprint density at radius 3 is 3.07 bits per heavy atom. The van der Waals surface area contributed by atoms with E-state index < -0.39 is 0 Å². The third-order valence-corrected chi connectivity index (χ3v) is 6.83. The Morgan fingerprint density at radius 2 is 2.21 bits per heavy atom. The van der Waals surface area contributed by atoms with Crippen molar-refractivity contribution in [2.75, 3.05) is 12.9 Å². The van der Waals surface area contributed by atoms with Crippen molar-refractivity contribution in [2.45, 2.75) is 37.4 Å². The zero-order chi connectivity index (χ0) is 19.5. The summed E-state index contributed by atoms with van der Waals surface area (Å²) < 4.78 is 5.19. The number of thiophene rings is 1. The van der Waals surface area contributed by atoms with Gasteiger partial charge < -0.3 is 15.0 Å². The van der Waals surface area contributed by atoms with E-state index in [-0.39, 0.29) is 17.2 Å². The van der Waals surface area contributed by atoms with Crippen LogP contribution in [0.25, 0.3) is 10.2 Å². The van der Waals surface area contributed by atoms with Gasteiger partial charge in [0.05, 0.1) is 18.2 Å². The van der Waals surface area contributed by atoms with Gasteiger partial charge >= 0.3 is 0 Å². The molecule has 1 amide bonds. The average molecular weight is 416 g/mol. The molecule has 8 heteroatoms. The van der Waals surface area contributed by atoms with Gasteiger partial charge in [0.2, 0.25) is 5.91 Å². The van der Waals surface area contributed by atoms with Gasteiger partial charge in [-0.05, 0) is 48.9 Å².